The maximum absolute atomic E-state index is 12.7. The summed E-state index contributed by atoms with van der Waals surface area (Å²) in [6.45, 7) is 1.75. The first-order chi connectivity index (χ1) is 11.9. The monoisotopic (exact) mass is 321 g/mol. The first-order valence-corrected chi connectivity index (χ1v) is 9.18. The van der Waals surface area contributed by atoms with Gasteiger partial charge in [0.25, 0.3) is 0 Å². The van der Waals surface area contributed by atoms with Crippen LogP contribution < -0.4 is 0 Å². The Hall–Kier alpha value is -0.860. The second kappa shape index (κ2) is 4.40. The molecule has 23 heavy (non-hydrogen) atoms. The molecule has 128 valence electrons. The van der Waals surface area contributed by atoms with E-state index in [1.807, 2.05) is 0 Å². The topological polar surface area (TPSA) is 54.4 Å². The number of Topliss-reactive ketones (excluding diaryl/α,β-unsaturated/α-hetero) is 1. The molecule has 0 unspecified atom stereocenters. The summed E-state index contributed by atoms with van der Waals surface area (Å²) in [6, 6.07) is 0. The van der Waals surface area contributed by atoms with Crippen molar-refractivity contribution in [3.63, 3.8) is 0 Å². The Morgan fingerprint density at radius 2 is 1.91 bits per heavy atom. The number of rotatable bonds is 1. The van der Waals surface area contributed by atoms with Crippen LogP contribution in [0.2, 0.25) is 0 Å². The van der Waals surface area contributed by atoms with E-state index in [0.717, 1.165) is 32.1 Å². The number of carbonyl (C=O) groups is 2. The molecular weight excluding hydrogens is 288 g/mol. The molecule has 0 saturated heterocycles. The summed E-state index contributed by atoms with van der Waals surface area (Å²) in [4.78, 5) is 25.0. The van der Waals surface area contributed by atoms with Gasteiger partial charge >= 0.3 is 5.97 Å². The van der Waals surface area contributed by atoms with E-state index in [0.29, 0.717) is 25.0 Å². The van der Waals surface area contributed by atoms with Crippen LogP contribution >= 0.6 is 0 Å². The smallest absolute Gasteiger partial charge is 0.309 e. The van der Waals surface area contributed by atoms with Crippen LogP contribution in [0, 0.1) is 33.5 Å². The van der Waals surface area contributed by atoms with Gasteiger partial charge in [0.05, 0.1) is 5.41 Å². The van der Waals surface area contributed by atoms with Crippen molar-refractivity contribution in [1.29, 1.82) is 0 Å². The summed E-state index contributed by atoms with van der Waals surface area (Å²) in [6.07, 6.45) is 6.56. The Balaban J connectivity index is 1.80. The molecule has 0 amide bonds. The maximum atomic E-state index is 12.7. The number of hydrogen-bond donors (Lipinski definition) is 1. The number of carboxylic acids is 1. The third kappa shape index (κ3) is 1.77. The third-order valence-corrected chi connectivity index (χ3v) is 8.44. The van der Waals surface area contributed by atoms with Crippen LogP contribution in [0.1, 0.15) is 82.6 Å². The minimum absolute atomic E-state index is 0.0222. The highest BCUT2D eigenvalue weighted by Crippen LogP contribution is 2.72. The molecule has 4 aliphatic carbocycles. The Bertz CT molecular complexity index is 674. The molecule has 0 aromatic heterocycles. The number of carbonyl (C=O) groups excluding carboxylic acids is 1. The lowest BCUT2D eigenvalue weighted by Crippen LogP contribution is -2.58. The second-order valence-corrected chi connectivity index (χ2v) is 9.52. The molecule has 0 aliphatic heterocycles. The van der Waals surface area contributed by atoms with Crippen molar-refractivity contribution in [3.05, 3.63) is 0 Å². The van der Waals surface area contributed by atoms with E-state index in [9.17, 15) is 14.7 Å². The lowest BCUT2D eigenvalue weighted by Gasteiger charge is -2.63. The first kappa shape index (κ1) is 12.5. The molecule has 3 nitrogen and oxygen atoms in total. The number of ketones is 1. The van der Waals surface area contributed by atoms with Crippen LogP contribution in [-0.2, 0) is 9.59 Å². The summed E-state index contributed by atoms with van der Waals surface area (Å²) in [5, 5.41) is 10.1. The molecule has 4 saturated carbocycles. The fourth-order valence-corrected chi connectivity index (χ4v) is 7.44. The van der Waals surface area contributed by atoms with Crippen LogP contribution in [0.4, 0.5) is 0 Å². The lowest BCUT2D eigenvalue weighted by atomic mass is 9.40. The van der Waals surface area contributed by atoms with E-state index in [1.54, 1.807) is 0 Å². The molecule has 0 radical (unpaired) electrons. The highest BCUT2D eigenvalue weighted by atomic mass is 16.4. The molecule has 1 N–H and O–H groups in total. The third-order valence-electron chi connectivity index (χ3n) is 8.44. The van der Waals surface area contributed by atoms with Crippen molar-refractivity contribution < 1.29 is 18.8 Å². The van der Waals surface area contributed by atoms with Gasteiger partial charge in [0.2, 0.25) is 0 Å². The van der Waals surface area contributed by atoms with E-state index in [-0.39, 0.29) is 34.5 Å². The van der Waals surface area contributed by atoms with E-state index in [1.165, 1.54) is 0 Å². The predicted molar refractivity (Wildman–Crippen MR) is 87.9 cm³/mol. The van der Waals surface area contributed by atoms with Crippen molar-refractivity contribution in [2.24, 2.45) is 33.5 Å². The van der Waals surface area contributed by atoms with Gasteiger partial charge in [-0.3, -0.25) is 9.59 Å². The maximum Gasteiger partial charge on any atom is 0.309 e. The van der Waals surface area contributed by atoms with E-state index in [4.69, 9.17) is 4.11 Å². The molecule has 4 rings (SSSR count). The highest BCUT2D eigenvalue weighted by Gasteiger charge is 2.68. The minimum Gasteiger partial charge on any atom is -0.481 e. The molecule has 4 aliphatic rings. The molecule has 2 bridgehead atoms. The molecule has 1 spiro atoms. The van der Waals surface area contributed by atoms with Crippen molar-refractivity contribution in [1.82, 2.24) is 0 Å². The average molecular weight is 321 g/mol. The normalized spacial score (nSPS) is 57.7. The fourth-order valence-electron chi connectivity index (χ4n) is 7.44. The number of aliphatic carboxylic acids is 1. The summed E-state index contributed by atoms with van der Waals surface area (Å²) >= 11 is 0. The Labute approximate surface area is 143 Å². The fraction of sp³-hybridized carbons (Fsp3) is 0.900. The molecule has 0 aromatic carbocycles. The van der Waals surface area contributed by atoms with E-state index >= 15 is 0 Å². The van der Waals surface area contributed by atoms with Crippen molar-refractivity contribution in [2.45, 2.75) is 78.5 Å². The van der Waals surface area contributed by atoms with Gasteiger partial charge in [-0.2, -0.15) is 0 Å². The van der Waals surface area contributed by atoms with Crippen LogP contribution in [0.5, 0.6) is 0 Å². The van der Waals surface area contributed by atoms with Gasteiger partial charge in [-0.25, -0.2) is 0 Å². The zero-order chi connectivity index (χ0) is 19.2. The Morgan fingerprint density at radius 3 is 2.61 bits per heavy atom. The highest BCUT2D eigenvalue weighted by molar-refractivity contribution is 5.88. The van der Waals surface area contributed by atoms with E-state index in [2.05, 4.69) is 13.8 Å². The first-order valence-electron chi connectivity index (χ1n) is 10.7. The SMILES string of the molecule is [2H]C([2H])([2H])[C@]1(C(=O)O)CCC[C@@]2(C)[C@H]1CC[C@]13CC(=O)[C@](C)(CC[C@@H]12)C3. The zero-order valence-corrected chi connectivity index (χ0v) is 14.3. The zero-order valence-electron chi connectivity index (χ0n) is 17.3. The molecule has 3 heteroatoms. The van der Waals surface area contributed by atoms with Gasteiger partial charge in [0.1, 0.15) is 5.78 Å². The van der Waals surface area contributed by atoms with Gasteiger partial charge < -0.3 is 5.11 Å². The number of carboxylic acid groups (broad SMARTS) is 1. The molecule has 0 aromatic rings. The van der Waals surface area contributed by atoms with Gasteiger partial charge in [0, 0.05) is 15.9 Å². The Kier molecular flexibility index (Phi) is 2.39. The largest absolute Gasteiger partial charge is 0.481 e. The van der Waals surface area contributed by atoms with Crippen molar-refractivity contribution in [2.75, 3.05) is 0 Å². The molecule has 4 fully saturated rings. The van der Waals surface area contributed by atoms with E-state index < -0.39 is 18.2 Å². The van der Waals surface area contributed by atoms with Crippen LogP contribution in [0.25, 0.3) is 0 Å². The van der Waals surface area contributed by atoms with Gasteiger partial charge in [-0.15, -0.1) is 0 Å². The van der Waals surface area contributed by atoms with Crippen LogP contribution in [0.15, 0.2) is 0 Å². The summed E-state index contributed by atoms with van der Waals surface area (Å²) in [7, 11) is 0. The molecule has 0 heterocycles. The van der Waals surface area contributed by atoms with Gasteiger partial charge in [-0.05, 0) is 74.5 Å². The van der Waals surface area contributed by atoms with Crippen molar-refractivity contribution in [3.8, 4) is 0 Å². The molecule has 6 atom stereocenters. The predicted octanol–water partition coefficient (Wildman–Crippen LogP) is 4.44. The molecular formula is C20H30O3. The average Bonchev–Trinajstić information content (AvgIpc) is 2.69. The van der Waals surface area contributed by atoms with Crippen LogP contribution in [0.3, 0.4) is 0 Å². The second-order valence-electron chi connectivity index (χ2n) is 9.52. The number of hydrogen-bond acceptors (Lipinski definition) is 2. The lowest BCUT2D eigenvalue weighted by molar-refractivity contribution is -0.182. The van der Waals surface area contributed by atoms with Crippen molar-refractivity contribution >= 4 is 11.8 Å². The van der Waals surface area contributed by atoms with Gasteiger partial charge in [0.15, 0.2) is 0 Å². The Morgan fingerprint density at radius 1 is 1.17 bits per heavy atom. The summed E-state index contributed by atoms with van der Waals surface area (Å²) in [5.41, 5.74) is -2.16. The summed E-state index contributed by atoms with van der Waals surface area (Å²) in [5.74, 6) is -0.829. The number of fused-ring (bicyclic) bond motifs is 3. The minimum atomic E-state index is -2.50. The quantitative estimate of drug-likeness (QED) is 0.776. The van der Waals surface area contributed by atoms with Crippen LogP contribution in [-0.4, -0.2) is 16.9 Å². The standard InChI is InChI=1S/C20H30O3/c1-17-9-5-14-18(2)7-4-8-19(3,16(22)23)13(18)6-10-20(14,12-17)11-15(17)21/h13-14H,4-12H2,1-3H3,(H,22,23)/t13-,14-,17-,18+,19+,20-/m1/s1/i3D3. The van der Waals surface area contributed by atoms with Gasteiger partial charge in [-0.1, -0.05) is 20.3 Å². The summed E-state index contributed by atoms with van der Waals surface area (Å²) < 4.78 is 24.3.